The van der Waals surface area contributed by atoms with Crippen molar-refractivity contribution in [1.82, 2.24) is 10.2 Å². The van der Waals surface area contributed by atoms with Crippen molar-refractivity contribution in [2.45, 2.75) is 52.0 Å². The van der Waals surface area contributed by atoms with Crippen molar-refractivity contribution in [2.75, 3.05) is 13.1 Å². The van der Waals surface area contributed by atoms with Gasteiger partial charge in [-0.05, 0) is 55.7 Å². The third kappa shape index (κ3) is 4.48. The van der Waals surface area contributed by atoms with Crippen molar-refractivity contribution in [2.24, 2.45) is 17.8 Å². The van der Waals surface area contributed by atoms with Gasteiger partial charge in [0.2, 0.25) is 11.8 Å². The molecule has 3 atom stereocenters. The van der Waals surface area contributed by atoms with Crippen LogP contribution in [0.3, 0.4) is 0 Å². The molecule has 3 unspecified atom stereocenters. The van der Waals surface area contributed by atoms with Gasteiger partial charge >= 0.3 is 0 Å². The van der Waals surface area contributed by atoms with Gasteiger partial charge in [0.25, 0.3) is 0 Å². The summed E-state index contributed by atoms with van der Waals surface area (Å²) in [5, 5.41) is 3.12. The standard InChI is InChI=1S/C21H29BrN2O2/c1-13(2)14(3)23-20(25)15-7-9-24(10-8-15)21(26)19-12-18(19)16-5-4-6-17(22)11-16/h4-6,11,13-15,18-19H,7-10,12H2,1-3H3,(H,23,25). The fourth-order valence-electron chi connectivity index (χ4n) is 3.68. The number of carbonyl (C=O) groups excluding carboxylic acids is 2. The van der Waals surface area contributed by atoms with Gasteiger partial charge in [-0.1, -0.05) is 41.9 Å². The summed E-state index contributed by atoms with van der Waals surface area (Å²) in [5.74, 6) is 1.37. The third-order valence-electron chi connectivity index (χ3n) is 5.93. The monoisotopic (exact) mass is 420 g/mol. The quantitative estimate of drug-likeness (QED) is 0.783. The molecule has 26 heavy (non-hydrogen) atoms. The first-order valence-electron chi connectivity index (χ1n) is 9.71. The van der Waals surface area contributed by atoms with E-state index in [0.717, 1.165) is 23.7 Å². The molecule has 2 fully saturated rings. The van der Waals surface area contributed by atoms with Crippen LogP contribution in [0.4, 0.5) is 0 Å². The van der Waals surface area contributed by atoms with E-state index in [0.29, 0.717) is 24.9 Å². The predicted molar refractivity (Wildman–Crippen MR) is 107 cm³/mol. The van der Waals surface area contributed by atoms with E-state index in [1.165, 1.54) is 5.56 Å². The molecular formula is C21H29BrN2O2. The van der Waals surface area contributed by atoms with Gasteiger partial charge in [0.15, 0.2) is 0 Å². The van der Waals surface area contributed by atoms with E-state index in [1.54, 1.807) is 0 Å². The number of nitrogens with zero attached hydrogens (tertiary/aromatic N) is 1. The Balaban J connectivity index is 1.48. The summed E-state index contributed by atoms with van der Waals surface area (Å²) in [6.45, 7) is 7.69. The van der Waals surface area contributed by atoms with Crippen LogP contribution in [0.1, 0.15) is 51.5 Å². The molecule has 1 aliphatic heterocycles. The Morgan fingerprint density at radius 1 is 1.19 bits per heavy atom. The smallest absolute Gasteiger partial charge is 0.226 e. The molecule has 5 heteroatoms. The Hall–Kier alpha value is -1.36. The minimum atomic E-state index is 0.0420. The molecule has 1 N–H and O–H groups in total. The SMILES string of the molecule is CC(C)C(C)NC(=O)C1CCN(C(=O)C2CC2c2cccc(Br)c2)CC1. The van der Waals surface area contributed by atoms with Crippen LogP contribution in [0.5, 0.6) is 0 Å². The number of carbonyl (C=O) groups is 2. The van der Waals surface area contributed by atoms with Crippen molar-refractivity contribution < 1.29 is 9.59 Å². The summed E-state index contributed by atoms with van der Waals surface area (Å²) < 4.78 is 1.07. The second kappa shape index (κ2) is 8.12. The van der Waals surface area contributed by atoms with Crippen LogP contribution in [-0.4, -0.2) is 35.8 Å². The predicted octanol–water partition coefficient (Wildman–Crippen LogP) is 3.95. The minimum Gasteiger partial charge on any atom is -0.353 e. The molecular weight excluding hydrogens is 392 g/mol. The number of rotatable bonds is 5. The number of halogens is 1. The average molecular weight is 421 g/mol. The summed E-state index contributed by atoms with van der Waals surface area (Å²) in [5.41, 5.74) is 1.25. The van der Waals surface area contributed by atoms with E-state index in [9.17, 15) is 9.59 Å². The molecule has 142 valence electrons. The van der Waals surface area contributed by atoms with E-state index < -0.39 is 0 Å². The van der Waals surface area contributed by atoms with E-state index >= 15 is 0 Å². The zero-order chi connectivity index (χ0) is 18.8. The van der Waals surface area contributed by atoms with Crippen LogP contribution in [0.15, 0.2) is 28.7 Å². The molecule has 1 aliphatic carbocycles. The second-order valence-electron chi connectivity index (χ2n) is 8.14. The largest absolute Gasteiger partial charge is 0.353 e. The highest BCUT2D eigenvalue weighted by atomic mass is 79.9. The number of piperidine rings is 1. The summed E-state index contributed by atoms with van der Waals surface area (Å²) in [4.78, 5) is 27.1. The maximum absolute atomic E-state index is 12.8. The lowest BCUT2D eigenvalue weighted by Crippen LogP contribution is -2.46. The van der Waals surface area contributed by atoms with Gasteiger partial charge in [-0.15, -0.1) is 0 Å². The first-order valence-corrected chi connectivity index (χ1v) is 10.5. The molecule has 3 rings (SSSR count). The second-order valence-corrected chi connectivity index (χ2v) is 9.06. The zero-order valence-electron chi connectivity index (χ0n) is 15.9. The van der Waals surface area contributed by atoms with Gasteiger partial charge in [0, 0.05) is 35.4 Å². The molecule has 2 aliphatic rings. The fraction of sp³-hybridized carbons (Fsp3) is 0.619. The lowest BCUT2D eigenvalue weighted by atomic mass is 9.94. The van der Waals surface area contributed by atoms with Crippen LogP contribution >= 0.6 is 15.9 Å². The molecule has 0 radical (unpaired) electrons. The fourth-order valence-corrected chi connectivity index (χ4v) is 4.10. The van der Waals surface area contributed by atoms with Crippen LogP contribution in [0.2, 0.25) is 0 Å². The van der Waals surface area contributed by atoms with Crippen LogP contribution in [0.25, 0.3) is 0 Å². The van der Waals surface area contributed by atoms with Crippen molar-refractivity contribution in [1.29, 1.82) is 0 Å². The Labute approximate surface area is 164 Å². The molecule has 1 saturated heterocycles. The Morgan fingerprint density at radius 2 is 1.88 bits per heavy atom. The highest BCUT2D eigenvalue weighted by Gasteiger charge is 2.46. The third-order valence-corrected chi connectivity index (χ3v) is 6.43. The number of amides is 2. The number of hydrogen-bond acceptors (Lipinski definition) is 2. The van der Waals surface area contributed by atoms with Crippen molar-refractivity contribution in [3.63, 3.8) is 0 Å². The number of benzene rings is 1. The van der Waals surface area contributed by atoms with E-state index in [2.05, 4.69) is 54.2 Å². The van der Waals surface area contributed by atoms with Gasteiger partial charge in [-0.25, -0.2) is 0 Å². The average Bonchev–Trinajstić information content (AvgIpc) is 3.42. The summed E-state index contributed by atoms with van der Waals surface area (Å²) in [7, 11) is 0. The van der Waals surface area contributed by atoms with Gasteiger partial charge in [-0.3, -0.25) is 9.59 Å². The van der Waals surface area contributed by atoms with E-state index in [4.69, 9.17) is 0 Å². The molecule has 1 aromatic rings. The normalized spacial score (nSPS) is 24.4. The first-order chi connectivity index (χ1) is 12.4. The molecule has 4 nitrogen and oxygen atoms in total. The van der Waals surface area contributed by atoms with Crippen LogP contribution in [-0.2, 0) is 9.59 Å². The lowest BCUT2D eigenvalue weighted by molar-refractivity contribution is -0.137. The van der Waals surface area contributed by atoms with Crippen molar-refractivity contribution in [3.8, 4) is 0 Å². The zero-order valence-corrected chi connectivity index (χ0v) is 17.5. The van der Waals surface area contributed by atoms with Gasteiger partial charge in [0.1, 0.15) is 0 Å². The summed E-state index contributed by atoms with van der Waals surface area (Å²) in [6.07, 6.45) is 2.49. The highest BCUT2D eigenvalue weighted by molar-refractivity contribution is 9.10. The first kappa shape index (κ1) is 19.4. The maximum Gasteiger partial charge on any atom is 0.226 e. The minimum absolute atomic E-state index is 0.0420. The Morgan fingerprint density at radius 3 is 2.50 bits per heavy atom. The molecule has 1 heterocycles. The van der Waals surface area contributed by atoms with Gasteiger partial charge < -0.3 is 10.2 Å². The van der Waals surface area contributed by atoms with Crippen molar-refractivity contribution in [3.05, 3.63) is 34.3 Å². The lowest BCUT2D eigenvalue weighted by Gasteiger charge is -2.32. The van der Waals surface area contributed by atoms with Crippen molar-refractivity contribution >= 4 is 27.7 Å². The topological polar surface area (TPSA) is 49.4 Å². The molecule has 1 aromatic carbocycles. The van der Waals surface area contributed by atoms with Gasteiger partial charge in [-0.2, -0.15) is 0 Å². The number of hydrogen-bond donors (Lipinski definition) is 1. The van der Waals surface area contributed by atoms with E-state index in [-0.39, 0.29) is 29.7 Å². The highest BCUT2D eigenvalue weighted by Crippen LogP contribution is 2.49. The number of nitrogens with one attached hydrogen (secondary N) is 1. The number of likely N-dealkylation sites (tertiary alicyclic amines) is 1. The molecule has 0 aromatic heterocycles. The van der Waals surface area contributed by atoms with E-state index in [1.807, 2.05) is 17.0 Å². The molecule has 0 bridgehead atoms. The maximum atomic E-state index is 12.8. The van der Waals surface area contributed by atoms with Gasteiger partial charge in [0.05, 0.1) is 0 Å². The molecule has 0 spiro atoms. The molecule has 1 saturated carbocycles. The Kier molecular flexibility index (Phi) is 6.06. The Bertz CT molecular complexity index is 668. The summed E-state index contributed by atoms with van der Waals surface area (Å²) >= 11 is 3.50. The molecule has 2 amide bonds. The van der Waals surface area contributed by atoms with Crippen LogP contribution < -0.4 is 5.32 Å². The van der Waals surface area contributed by atoms with Crippen LogP contribution in [0, 0.1) is 17.8 Å². The summed E-state index contributed by atoms with van der Waals surface area (Å²) in [6, 6.07) is 8.46.